The number of nitrogen functional groups attached to an aromatic ring is 1. The summed E-state index contributed by atoms with van der Waals surface area (Å²) in [6.07, 6.45) is 0. The number of benzene rings is 2. The van der Waals surface area contributed by atoms with Gasteiger partial charge in [-0.05, 0) is 18.4 Å². The molecule has 0 aliphatic heterocycles. The van der Waals surface area contributed by atoms with Crippen LogP contribution in [0.2, 0.25) is 0 Å². The molecule has 23 heavy (non-hydrogen) atoms. The Kier molecular flexibility index (Phi) is 4.20. The Morgan fingerprint density at radius 2 is 1.65 bits per heavy atom. The second-order valence-corrected chi connectivity index (χ2v) is 6.30. The van der Waals surface area contributed by atoms with E-state index in [1.807, 2.05) is 6.07 Å². The van der Waals surface area contributed by atoms with Crippen molar-refractivity contribution in [1.29, 1.82) is 0 Å². The number of anilines is 1. The highest BCUT2D eigenvalue weighted by atomic mass is 15.2. The van der Waals surface area contributed by atoms with Crippen LogP contribution in [0, 0.1) is 6.92 Å². The van der Waals surface area contributed by atoms with E-state index in [2.05, 4.69) is 78.9 Å². The summed E-state index contributed by atoms with van der Waals surface area (Å²) >= 11 is 0. The maximum atomic E-state index is 6.25. The summed E-state index contributed by atoms with van der Waals surface area (Å²) in [7, 11) is 0. The molecule has 0 fully saturated rings. The van der Waals surface area contributed by atoms with Gasteiger partial charge < -0.3 is 10.3 Å². The highest BCUT2D eigenvalue weighted by Crippen LogP contribution is 2.31. The largest absolute Gasteiger partial charge is 0.369 e. The van der Waals surface area contributed by atoms with Gasteiger partial charge in [-0.25, -0.2) is 4.98 Å². The zero-order valence-electron chi connectivity index (χ0n) is 14.0. The maximum Gasteiger partial charge on any atom is 0.201 e. The Balaban J connectivity index is 2.08. The molecule has 0 saturated heterocycles. The topological polar surface area (TPSA) is 43.8 Å². The fourth-order valence-electron chi connectivity index (χ4n) is 2.92. The van der Waals surface area contributed by atoms with Crippen molar-refractivity contribution >= 4 is 5.95 Å². The van der Waals surface area contributed by atoms with Gasteiger partial charge in [-0.2, -0.15) is 0 Å². The van der Waals surface area contributed by atoms with Gasteiger partial charge in [0, 0.05) is 5.56 Å². The third-order valence-electron chi connectivity index (χ3n) is 4.09. The molecule has 118 valence electrons. The third kappa shape index (κ3) is 3.14. The van der Waals surface area contributed by atoms with E-state index in [1.54, 1.807) is 0 Å². The first-order chi connectivity index (χ1) is 11.1. The molecule has 0 atom stereocenters. The van der Waals surface area contributed by atoms with E-state index >= 15 is 0 Å². The van der Waals surface area contributed by atoms with Crippen molar-refractivity contribution in [3.8, 4) is 11.3 Å². The maximum absolute atomic E-state index is 6.25. The van der Waals surface area contributed by atoms with E-state index in [4.69, 9.17) is 5.73 Å². The van der Waals surface area contributed by atoms with Crippen LogP contribution in [0.4, 0.5) is 5.95 Å². The van der Waals surface area contributed by atoms with E-state index in [9.17, 15) is 0 Å². The number of nitrogens with zero attached hydrogens (tertiary/aromatic N) is 2. The van der Waals surface area contributed by atoms with Gasteiger partial charge in [-0.3, -0.25) is 0 Å². The molecule has 2 N–H and O–H groups in total. The molecule has 0 radical (unpaired) electrons. The fraction of sp³-hybridized carbons (Fsp3) is 0.250. The predicted molar refractivity (Wildman–Crippen MR) is 96.4 cm³/mol. The zero-order chi connectivity index (χ0) is 16.4. The summed E-state index contributed by atoms with van der Waals surface area (Å²) < 4.78 is 2.13. The summed E-state index contributed by atoms with van der Waals surface area (Å²) in [5.41, 5.74) is 12.0. The van der Waals surface area contributed by atoms with Gasteiger partial charge in [0.1, 0.15) is 0 Å². The molecule has 3 heteroatoms. The quantitative estimate of drug-likeness (QED) is 0.764. The monoisotopic (exact) mass is 305 g/mol. The van der Waals surface area contributed by atoms with Crippen molar-refractivity contribution in [3.05, 3.63) is 71.4 Å². The summed E-state index contributed by atoms with van der Waals surface area (Å²) in [5, 5.41) is 0. The van der Waals surface area contributed by atoms with Gasteiger partial charge >= 0.3 is 0 Å². The zero-order valence-corrected chi connectivity index (χ0v) is 14.0. The minimum atomic E-state index is 0.347. The van der Waals surface area contributed by atoms with Crippen LogP contribution in [-0.4, -0.2) is 9.55 Å². The lowest BCUT2D eigenvalue weighted by molar-refractivity contribution is 0.701. The molecule has 0 spiro atoms. The van der Waals surface area contributed by atoms with Crippen LogP contribution in [0.5, 0.6) is 0 Å². The number of aromatic nitrogens is 2. The van der Waals surface area contributed by atoms with E-state index in [0.717, 1.165) is 17.8 Å². The van der Waals surface area contributed by atoms with Gasteiger partial charge in [0.2, 0.25) is 5.95 Å². The number of hydrogen-bond acceptors (Lipinski definition) is 2. The lowest BCUT2D eigenvalue weighted by atomic mass is 10.0. The summed E-state index contributed by atoms with van der Waals surface area (Å²) in [4.78, 5) is 4.67. The normalized spacial score (nSPS) is 11.1. The Morgan fingerprint density at radius 3 is 2.26 bits per heavy atom. The smallest absolute Gasteiger partial charge is 0.201 e. The molecule has 3 rings (SSSR count). The van der Waals surface area contributed by atoms with Crippen LogP contribution >= 0.6 is 0 Å². The second kappa shape index (κ2) is 6.29. The molecule has 1 heterocycles. The lowest BCUT2D eigenvalue weighted by Crippen LogP contribution is -2.09. The molecule has 3 nitrogen and oxygen atoms in total. The van der Waals surface area contributed by atoms with Crippen LogP contribution < -0.4 is 5.73 Å². The van der Waals surface area contributed by atoms with Crippen molar-refractivity contribution in [2.75, 3.05) is 5.73 Å². The van der Waals surface area contributed by atoms with Gasteiger partial charge in [-0.1, -0.05) is 74.0 Å². The Morgan fingerprint density at radius 1 is 1.00 bits per heavy atom. The van der Waals surface area contributed by atoms with E-state index in [0.29, 0.717) is 11.9 Å². The Bertz CT molecular complexity index is 784. The van der Waals surface area contributed by atoms with Crippen LogP contribution in [0.3, 0.4) is 0 Å². The highest BCUT2D eigenvalue weighted by Gasteiger charge is 2.19. The van der Waals surface area contributed by atoms with Crippen LogP contribution in [0.25, 0.3) is 11.3 Å². The third-order valence-corrected chi connectivity index (χ3v) is 4.09. The van der Waals surface area contributed by atoms with Gasteiger partial charge in [0.05, 0.1) is 17.9 Å². The van der Waals surface area contributed by atoms with Crippen molar-refractivity contribution in [2.45, 2.75) is 33.2 Å². The first-order valence-corrected chi connectivity index (χ1v) is 8.03. The SMILES string of the molecule is Cc1ccc(-c2nc(N)n(Cc3ccccc3)c2C(C)C)cc1. The Hall–Kier alpha value is -2.55. The number of aryl methyl sites for hydroxylation is 1. The lowest BCUT2D eigenvalue weighted by Gasteiger charge is -2.14. The number of imidazole rings is 1. The molecule has 0 amide bonds. The molecule has 0 saturated carbocycles. The van der Waals surface area contributed by atoms with E-state index in [1.165, 1.54) is 16.8 Å². The van der Waals surface area contributed by atoms with Crippen LogP contribution in [-0.2, 0) is 6.54 Å². The van der Waals surface area contributed by atoms with Gasteiger partial charge in [0.15, 0.2) is 0 Å². The predicted octanol–water partition coefficient (Wildman–Crippen LogP) is 4.61. The molecular weight excluding hydrogens is 282 g/mol. The first-order valence-electron chi connectivity index (χ1n) is 8.03. The van der Waals surface area contributed by atoms with Crippen LogP contribution in [0.1, 0.15) is 36.6 Å². The summed E-state index contributed by atoms with van der Waals surface area (Å²) in [6.45, 7) is 7.22. The summed E-state index contributed by atoms with van der Waals surface area (Å²) in [6, 6.07) is 18.9. The van der Waals surface area contributed by atoms with E-state index < -0.39 is 0 Å². The molecule has 2 aromatic carbocycles. The number of nitrogens with two attached hydrogens (primary N) is 1. The number of hydrogen-bond donors (Lipinski definition) is 1. The molecule has 0 aliphatic carbocycles. The second-order valence-electron chi connectivity index (χ2n) is 6.30. The fourth-order valence-corrected chi connectivity index (χ4v) is 2.92. The van der Waals surface area contributed by atoms with Crippen molar-refractivity contribution in [1.82, 2.24) is 9.55 Å². The molecule has 3 aromatic rings. The van der Waals surface area contributed by atoms with Crippen molar-refractivity contribution in [3.63, 3.8) is 0 Å². The minimum absolute atomic E-state index is 0.347. The average molecular weight is 305 g/mol. The van der Waals surface area contributed by atoms with Gasteiger partial charge in [0.25, 0.3) is 0 Å². The molecule has 1 aromatic heterocycles. The first kappa shape index (κ1) is 15.3. The van der Waals surface area contributed by atoms with Crippen molar-refractivity contribution < 1.29 is 0 Å². The van der Waals surface area contributed by atoms with Crippen molar-refractivity contribution in [2.24, 2.45) is 0 Å². The molecule has 0 bridgehead atoms. The average Bonchev–Trinajstić information content (AvgIpc) is 2.86. The van der Waals surface area contributed by atoms with E-state index in [-0.39, 0.29) is 0 Å². The molecular formula is C20H23N3. The standard InChI is InChI=1S/C20H23N3/c1-14(2)19-18(17-11-9-15(3)10-12-17)22-20(21)23(19)13-16-7-5-4-6-8-16/h4-12,14H,13H2,1-3H3,(H2,21,22). The van der Waals surface area contributed by atoms with Crippen LogP contribution in [0.15, 0.2) is 54.6 Å². The molecule has 0 unspecified atom stereocenters. The Labute approximate surface area is 137 Å². The highest BCUT2D eigenvalue weighted by molar-refractivity contribution is 5.65. The summed E-state index contributed by atoms with van der Waals surface area (Å²) in [5.74, 6) is 0.924. The number of rotatable bonds is 4. The minimum Gasteiger partial charge on any atom is -0.369 e. The molecule has 0 aliphatic rings. The van der Waals surface area contributed by atoms with Gasteiger partial charge in [-0.15, -0.1) is 0 Å².